The van der Waals surface area contributed by atoms with Gasteiger partial charge in [0.05, 0.1) is 0 Å². The fraction of sp³-hybridized carbons (Fsp3) is 0.938. The lowest BCUT2D eigenvalue weighted by Crippen LogP contribution is -2.42. The quantitative estimate of drug-likeness (QED) is 0.490. The molecule has 1 N–H and O–H groups in total. The summed E-state index contributed by atoms with van der Waals surface area (Å²) < 4.78 is 5.83. The predicted octanol–water partition coefficient (Wildman–Crippen LogP) is 4.79. The van der Waals surface area contributed by atoms with E-state index in [0.29, 0.717) is 19.4 Å². The van der Waals surface area contributed by atoms with Gasteiger partial charge >= 0.3 is 5.97 Å². The fourth-order valence-corrected chi connectivity index (χ4v) is 2.41. The number of aliphatic carboxylic acids is 1. The largest absolute Gasteiger partial charge is 0.479 e. The molecule has 0 spiro atoms. The van der Waals surface area contributed by atoms with E-state index >= 15 is 0 Å². The second kappa shape index (κ2) is 11.3. The zero-order valence-electron chi connectivity index (χ0n) is 13.0. The van der Waals surface area contributed by atoms with E-state index in [9.17, 15) is 9.90 Å². The van der Waals surface area contributed by atoms with Crippen LogP contribution in [0, 0.1) is 0 Å². The van der Waals surface area contributed by atoms with Crippen molar-refractivity contribution in [2.45, 2.75) is 90.6 Å². The second-order valence-electron chi connectivity index (χ2n) is 5.42. The van der Waals surface area contributed by atoms with Crippen molar-refractivity contribution in [1.29, 1.82) is 0 Å². The summed E-state index contributed by atoms with van der Waals surface area (Å²) in [6.45, 7) is 6.91. The third-order valence-corrected chi connectivity index (χ3v) is 3.60. The molecule has 0 bridgehead atoms. The Bertz CT molecular complexity index is 228. The van der Waals surface area contributed by atoms with Gasteiger partial charge in [-0.25, -0.2) is 4.79 Å². The molecule has 0 aliphatic heterocycles. The third-order valence-electron chi connectivity index (χ3n) is 3.60. The summed E-state index contributed by atoms with van der Waals surface area (Å²) in [4.78, 5) is 11.6. The molecule has 0 amide bonds. The monoisotopic (exact) mass is 272 g/mol. The van der Waals surface area contributed by atoms with Crippen LogP contribution in [0.4, 0.5) is 0 Å². The van der Waals surface area contributed by atoms with Crippen molar-refractivity contribution >= 4 is 5.97 Å². The van der Waals surface area contributed by atoms with E-state index in [-0.39, 0.29) is 0 Å². The normalized spacial score (nSPS) is 14.3. The molecular formula is C16H32O3. The number of carboxylic acids is 1. The van der Waals surface area contributed by atoms with Gasteiger partial charge in [0.1, 0.15) is 0 Å². The number of hydrogen-bond donors (Lipinski definition) is 1. The van der Waals surface area contributed by atoms with Crippen LogP contribution >= 0.6 is 0 Å². The molecule has 19 heavy (non-hydrogen) atoms. The van der Waals surface area contributed by atoms with Gasteiger partial charge in [-0.15, -0.1) is 0 Å². The van der Waals surface area contributed by atoms with E-state index in [1.165, 1.54) is 12.8 Å². The van der Waals surface area contributed by atoms with Gasteiger partial charge in [0, 0.05) is 6.61 Å². The number of rotatable bonds is 13. The Morgan fingerprint density at radius 1 is 0.895 bits per heavy atom. The zero-order valence-corrected chi connectivity index (χ0v) is 13.0. The predicted molar refractivity (Wildman–Crippen MR) is 79.5 cm³/mol. The zero-order chi connectivity index (χ0) is 14.6. The Labute approximate surface area is 118 Å². The van der Waals surface area contributed by atoms with E-state index < -0.39 is 11.6 Å². The summed E-state index contributed by atoms with van der Waals surface area (Å²) in [5.74, 6) is -0.777. The first-order valence-corrected chi connectivity index (χ1v) is 8.00. The van der Waals surface area contributed by atoms with Crippen LogP contribution in [0.3, 0.4) is 0 Å². The number of carboxylic acid groups (broad SMARTS) is 1. The fourth-order valence-electron chi connectivity index (χ4n) is 2.41. The van der Waals surface area contributed by atoms with Crippen LogP contribution in [0.25, 0.3) is 0 Å². The maximum atomic E-state index is 11.6. The molecule has 0 saturated heterocycles. The summed E-state index contributed by atoms with van der Waals surface area (Å²) >= 11 is 0. The standard InChI is InChI=1S/C16H32O3/c1-4-7-9-11-14-19-16(12-6-3,15(17)18)13-10-8-5-2/h4-14H2,1-3H3,(H,17,18). The minimum atomic E-state index is -0.934. The number of hydrogen-bond acceptors (Lipinski definition) is 2. The Morgan fingerprint density at radius 2 is 1.53 bits per heavy atom. The maximum absolute atomic E-state index is 11.6. The van der Waals surface area contributed by atoms with Crippen LogP contribution in [0.15, 0.2) is 0 Å². The average Bonchev–Trinajstić information content (AvgIpc) is 2.38. The summed E-state index contributed by atoms with van der Waals surface area (Å²) in [6.07, 6.45) is 9.76. The van der Waals surface area contributed by atoms with E-state index in [0.717, 1.165) is 38.5 Å². The summed E-state index contributed by atoms with van der Waals surface area (Å²) in [7, 11) is 0. The second-order valence-corrected chi connectivity index (χ2v) is 5.42. The summed E-state index contributed by atoms with van der Waals surface area (Å²) in [5.41, 5.74) is -0.934. The minimum Gasteiger partial charge on any atom is -0.479 e. The van der Waals surface area contributed by atoms with Gasteiger partial charge in [0.2, 0.25) is 0 Å². The van der Waals surface area contributed by atoms with E-state index in [4.69, 9.17) is 4.74 Å². The summed E-state index contributed by atoms with van der Waals surface area (Å²) in [5, 5.41) is 9.53. The Balaban J connectivity index is 4.31. The topological polar surface area (TPSA) is 46.5 Å². The number of unbranched alkanes of at least 4 members (excludes halogenated alkanes) is 5. The van der Waals surface area contributed by atoms with Gasteiger partial charge in [-0.05, 0) is 25.7 Å². The van der Waals surface area contributed by atoms with E-state index in [2.05, 4.69) is 13.8 Å². The lowest BCUT2D eigenvalue weighted by atomic mass is 9.91. The third kappa shape index (κ3) is 7.56. The van der Waals surface area contributed by atoms with Crippen molar-refractivity contribution in [2.75, 3.05) is 6.61 Å². The Kier molecular flexibility index (Phi) is 10.9. The molecule has 0 aliphatic carbocycles. The molecule has 0 aromatic rings. The summed E-state index contributed by atoms with van der Waals surface area (Å²) in [6, 6.07) is 0. The van der Waals surface area contributed by atoms with Gasteiger partial charge in [-0.2, -0.15) is 0 Å². The Hall–Kier alpha value is -0.570. The van der Waals surface area contributed by atoms with Gasteiger partial charge in [0.25, 0.3) is 0 Å². The molecule has 0 fully saturated rings. The molecule has 0 aliphatic rings. The van der Waals surface area contributed by atoms with Crippen LogP contribution in [-0.2, 0) is 9.53 Å². The minimum absolute atomic E-state index is 0.582. The van der Waals surface area contributed by atoms with Gasteiger partial charge < -0.3 is 9.84 Å². The van der Waals surface area contributed by atoms with Crippen molar-refractivity contribution in [3.63, 3.8) is 0 Å². The van der Waals surface area contributed by atoms with Crippen molar-refractivity contribution in [3.05, 3.63) is 0 Å². The number of ether oxygens (including phenoxy) is 1. The van der Waals surface area contributed by atoms with Crippen molar-refractivity contribution in [1.82, 2.24) is 0 Å². The van der Waals surface area contributed by atoms with E-state index in [1.807, 2.05) is 6.92 Å². The molecular weight excluding hydrogens is 240 g/mol. The highest BCUT2D eigenvalue weighted by Gasteiger charge is 2.37. The molecule has 0 aromatic heterocycles. The first-order chi connectivity index (χ1) is 9.13. The lowest BCUT2D eigenvalue weighted by Gasteiger charge is -2.29. The molecule has 0 heterocycles. The Morgan fingerprint density at radius 3 is 2.05 bits per heavy atom. The van der Waals surface area contributed by atoms with Crippen LogP contribution in [-0.4, -0.2) is 23.3 Å². The molecule has 3 nitrogen and oxygen atoms in total. The van der Waals surface area contributed by atoms with Crippen LogP contribution in [0.5, 0.6) is 0 Å². The first-order valence-electron chi connectivity index (χ1n) is 8.00. The lowest BCUT2D eigenvalue weighted by molar-refractivity contribution is -0.169. The van der Waals surface area contributed by atoms with Crippen LogP contribution < -0.4 is 0 Å². The van der Waals surface area contributed by atoms with Gasteiger partial charge in [0.15, 0.2) is 5.60 Å². The highest BCUT2D eigenvalue weighted by Crippen LogP contribution is 2.26. The van der Waals surface area contributed by atoms with E-state index in [1.54, 1.807) is 0 Å². The average molecular weight is 272 g/mol. The molecule has 0 radical (unpaired) electrons. The SMILES string of the molecule is CCCCCCOC(CCC)(CCCCC)C(=O)O. The van der Waals surface area contributed by atoms with Gasteiger partial charge in [-0.3, -0.25) is 0 Å². The molecule has 1 atom stereocenters. The highest BCUT2D eigenvalue weighted by molar-refractivity contribution is 5.77. The van der Waals surface area contributed by atoms with Crippen LogP contribution in [0.1, 0.15) is 85.0 Å². The van der Waals surface area contributed by atoms with Crippen LogP contribution in [0.2, 0.25) is 0 Å². The first kappa shape index (κ1) is 18.4. The van der Waals surface area contributed by atoms with Gasteiger partial charge in [-0.1, -0.05) is 59.3 Å². The van der Waals surface area contributed by atoms with Crippen molar-refractivity contribution < 1.29 is 14.6 Å². The molecule has 114 valence electrons. The van der Waals surface area contributed by atoms with Crippen molar-refractivity contribution in [3.8, 4) is 0 Å². The molecule has 3 heteroatoms. The molecule has 0 aromatic carbocycles. The smallest absolute Gasteiger partial charge is 0.335 e. The highest BCUT2D eigenvalue weighted by atomic mass is 16.5. The molecule has 1 unspecified atom stereocenters. The van der Waals surface area contributed by atoms with Crippen molar-refractivity contribution in [2.24, 2.45) is 0 Å². The molecule has 0 saturated carbocycles. The maximum Gasteiger partial charge on any atom is 0.335 e. The molecule has 0 rings (SSSR count). The number of carbonyl (C=O) groups is 1.